The molecule has 0 aromatic carbocycles. The average Bonchev–Trinajstić information content (AvgIpc) is 2.09. The minimum atomic E-state index is -0.0150. The van der Waals surface area contributed by atoms with Crippen LogP contribution in [-0.2, 0) is 9.53 Å². The minimum absolute atomic E-state index is 0.0150. The second-order valence-corrected chi connectivity index (χ2v) is 3.58. The Morgan fingerprint density at radius 1 is 1.77 bits per heavy atom. The number of hydrogen-bond donors (Lipinski definition) is 2. The summed E-state index contributed by atoms with van der Waals surface area (Å²) in [5, 5.41) is 2.84. The number of piperidine rings is 1. The molecule has 0 bridgehead atoms. The van der Waals surface area contributed by atoms with Gasteiger partial charge in [0.15, 0.2) is 0 Å². The van der Waals surface area contributed by atoms with E-state index >= 15 is 0 Å². The maximum absolute atomic E-state index is 11.3. The smallest absolute Gasteiger partial charge is 0.223 e. The number of carbonyl (C=O) groups excluding carboxylic acids is 1. The lowest BCUT2D eigenvalue weighted by molar-refractivity contribution is -0.127. The first-order chi connectivity index (χ1) is 6.24. The summed E-state index contributed by atoms with van der Waals surface area (Å²) in [7, 11) is 1.63. The molecule has 4 nitrogen and oxygen atoms in total. The van der Waals surface area contributed by atoms with Crippen molar-refractivity contribution in [2.75, 3.05) is 20.3 Å². The zero-order valence-electron chi connectivity index (χ0n) is 8.08. The van der Waals surface area contributed by atoms with E-state index in [9.17, 15) is 4.79 Å². The molecule has 0 radical (unpaired) electrons. The Bertz CT molecular complexity index is 173. The molecule has 1 saturated heterocycles. The van der Waals surface area contributed by atoms with Crippen molar-refractivity contribution in [1.82, 2.24) is 5.32 Å². The molecular weight excluding hydrogens is 168 g/mol. The number of ether oxygens (including phenoxy) is 1. The minimum Gasteiger partial charge on any atom is -0.383 e. The summed E-state index contributed by atoms with van der Waals surface area (Å²) in [5.74, 6) is 0.247. The SMILES string of the molecule is COC[C@@H](N)C[C@@H]1CCCNC1=O. The third-order valence-corrected chi connectivity index (χ3v) is 2.37. The standard InChI is InChI=1S/C9H18N2O2/c1-13-6-8(10)5-7-3-2-4-11-9(7)12/h7-8H,2-6,10H2,1H3,(H,11,12)/t7-,8-/m0/s1. The molecule has 0 aliphatic carbocycles. The van der Waals surface area contributed by atoms with Crippen LogP contribution < -0.4 is 11.1 Å². The van der Waals surface area contributed by atoms with E-state index < -0.39 is 0 Å². The number of carbonyl (C=O) groups is 1. The highest BCUT2D eigenvalue weighted by Crippen LogP contribution is 2.16. The number of methoxy groups -OCH3 is 1. The summed E-state index contributed by atoms with van der Waals surface area (Å²) in [6.07, 6.45) is 2.76. The topological polar surface area (TPSA) is 64.3 Å². The van der Waals surface area contributed by atoms with Gasteiger partial charge in [-0.3, -0.25) is 4.79 Å². The van der Waals surface area contributed by atoms with Crippen molar-refractivity contribution in [2.24, 2.45) is 11.7 Å². The van der Waals surface area contributed by atoms with Gasteiger partial charge in [-0.15, -0.1) is 0 Å². The van der Waals surface area contributed by atoms with Crippen molar-refractivity contribution >= 4 is 5.91 Å². The fourth-order valence-electron chi connectivity index (χ4n) is 1.71. The van der Waals surface area contributed by atoms with Crippen LogP contribution in [0.15, 0.2) is 0 Å². The van der Waals surface area contributed by atoms with Gasteiger partial charge in [0, 0.05) is 25.6 Å². The van der Waals surface area contributed by atoms with Gasteiger partial charge in [-0.1, -0.05) is 0 Å². The van der Waals surface area contributed by atoms with Gasteiger partial charge in [-0.05, 0) is 19.3 Å². The number of rotatable bonds is 4. The second kappa shape index (κ2) is 5.19. The van der Waals surface area contributed by atoms with Gasteiger partial charge >= 0.3 is 0 Å². The summed E-state index contributed by atoms with van der Waals surface area (Å²) in [6.45, 7) is 1.35. The van der Waals surface area contributed by atoms with Crippen molar-refractivity contribution in [2.45, 2.75) is 25.3 Å². The largest absolute Gasteiger partial charge is 0.383 e. The lowest BCUT2D eigenvalue weighted by Crippen LogP contribution is -2.40. The fraction of sp³-hybridized carbons (Fsp3) is 0.889. The summed E-state index contributed by atoms with van der Waals surface area (Å²) >= 11 is 0. The normalized spacial score (nSPS) is 25.4. The van der Waals surface area contributed by atoms with Crippen LogP contribution in [0.3, 0.4) is 0 Å². The van der Waals surface area contributed by atoms with Gasteiger partial charge in [0.1, 0.15) is 0 Å². The van der Waals surface area contributed by atoms with Gasteiger partial charge in [-0.2, -0.15) is 0 Å². The Balaban J connectivity index is 2.29. The monoisotopic (exact) mass is 186 g/mol. The third-order valence-electron chi connectivity index (χ3n) is 2.37. The molecule has 1 aliphatic heterocycles. The number of hydrogen-bond acceptors (Lipinski definition) is 3. The molecule has 1 amide bonds. The molecule has 0 unspecified atom stereocenters. The molecule has 1 aliphatic rings. The number of nitrogens with two attached hydrogens (primary N) is 1. The van der Waals surface area contributed by atoms with Crippen LogP contribution in [-0.4, -0.2) is 32.2 Å². The molecule has 13 heavy (non-hydrogen) atoms. The zero-order chi connectivity index (χ0) is 9.68. The van der Waals surface area contributed by atoms with Gasteiger partial charge < -0.3 is 15.8 Å². The molecule has 4 heteroatoms. The zero-order valence-corrected chi connectivity index (χ0v) is 8.08. The molecular formula is C9H18N2O2. The van der Waals surface area contributed by atoms with Crippen LogP contribution in [0.5, 0.6) is 0 Å². The van der Waals surface area contributed by atoms with E-state index in [2.05, 4.69) is 5.32 Å². The molecule has 76 valence electrons. The van der Waals surface area contributed by atoms with E-state index in [1.165, 1.54) is 0 Å². The van der Waals surface area contributed by atoms with Crippen molar-refractivity contribution in [1.29, 1.82) is 0 Å². The van der Waals surface area contributed by atoms with Gasteiger partial charge in [0.05, 0.1) is 6.61 Å². The quantitative estimate of drug-likeness (QED) is 0.643. The van der Waals surface area contributed by atoms with E-state index in [0.717, 1.165) is 25.8 Å². The lowest BCUT2D eigenvalue weighted by Gasteiger charge is -2.23. The highest BCUT2D eigenvalue weighted by Gasteiger charge is 2.23. The average molecular weight is 186 g/mol. The summed E-state index contributed by atoms with van der Waals surface area (Å²) < 4.78 is 4.92. The van der Waals surface area contributed by atoms with Crippen LogP contribution in [0.1, 0.15) is 19.3 Å². The van der Waals surface area contributed by atoms with Gasteiger partial charge in [-0.25, -0.2) is 0 Å². The van der Waals surface area contributed by atoms with Gasteiger partial charge in [0.25, 0.3) is 0 Å². The summed E-state index contributed by atoms with van der Waals surface area (Å²) in [6, 6.07) is -0.0150. The van der Waals surface area contributed by atoms with Crippen molar-refractivity contribution in [3.8, 4) is 0 Å². The molecule has 1 fully saturated rings. The molecule has 2 atom stereocenters. The highest BCUT2D eigenvalue weighted by atomic mass is 16.5. The third kappa shape index (κ3) is 3.32. The molecule has 0 aromatic rings. The Kier molecular flexibility index (Phi) is 4.18. The predicted octanol–water partition coefficient (Wildman–Crippen LogP) is -0.124. The molecule has 1 rings (SSSR count). The van der Waals surface area contributed by atoms with Crippen LogP contribution in [0.2, 0.25) is 0 Å². The molecule has 0 spiro atoms. The van der Waals surface area contributed by atoms with Crippen LogP contribution in [0.4, 0.5) is 0 Å². The predicted molar refractivity (Wildman–Crippen MR) is 50.2 cm³/mol. The van der Waals surface area contributed by atoms with E-state index in [0.29, 0.717) is 6.61 Å². The molecule has 1 heterocycles. The lowest BCUT2D eigenvalue weighted by atomic mass is 9.92. The number of nitrogens with one attached hydrogen (secondary N) is 1. The summed E-state index contributed by atoms with van der Waals surface area (Å²) in [4.78, 5) is 11.3. The second-order valence-electron chi connectivity index (χ2n) is 3.58. The maximum Gasteiger partial charge on any atom is 0.223 e. The maximum atomic E-state index is 11.3. The Labute approximate surface area is 78.8 Å². The highest BCUT2D eigenvalue weighted by molar-refractivity contribution is 5.79. The van der Waals surface area contributed by atoms with E-state index in [1.54, 1.807) is 7.11 Å². The Morgan fingerprint density at radius 3 is 3.15 bits per heavy atom. The van der Waals surface area contributed by atoms with E-state index in [4.69, 9.17) is 10.5 Å². The number of amides is 1. The summed E-state index contributed by atoms with van der Waals surface area (Å²) in [5.41, 5.74) is 5.77. The fourth-order valence-corrected chi connectivity index (χ4v) is 1.71. The van der Waals surface area contributed by atoms with Gasteiger partial charge in [0.2, 0.25) is 5.91 Å². The molecule has 3 N–H and O–H groups in total. The van der Waals surface area contributed by atoms with Crippen molar-refractivity contribution in [3.05, 3.63) is 0 Å². The molecule has 0 aromatic heterocycles. The van der Waals surface area contributed by atoms with Crippen LogP contribution >= 0.6 is 0 Å². The van der Waals surface area contributed by atoms with E-state index in [1.807, 2.05) is 0 Å². The van der Waals surface area contributed by atoms with Crippen LogP contribution in [0.25, 0.3) is 0 Å². The Morgan fingerprint density at radius 2 is 2.54 bits per heavy atom. The Hall–Kier alpha value is -0.610. The molecule has 0 saturated carbocycles. The first kappa shape index (κ1) is 10.5. The van der Waals surface area contributed by atoms with Crippen molar-refractivity contribution in [3.63, 3.8) is 0 Å². The first-order valence-corrected chi connectivity index (χ1v) is 4.76. The van der Waals surface area contributed by atoms with Crippen LogP contribution in [0, 0.1) is 5.92 Å². The van der Waals surface area contributed by atoms with Crippen molar-refractivity contribution < 1.29 is 9.53 Å². The van der Waals surface area contributed by atoms with E-state index in [-0.39, 0.29) is 17.9 Å². The first-order valence-electron chi connectivity index (χ1n) is 4.76.